The quantitative estimate of drug-likeness (QED) is 0.787. The Labute approximate surface area is 110 Å². The molecule has 0 saturated heterocycles. The zero-order valence-corrected chi connectivity index (χ0v) is 11.2. The summed E-state index contributed by atoms with van der Waals surface area (Å²) in [5, 5.41) is 9.89. The molecule has 98 valence electrons. The molecule has 0 amide bonds. The van der Waals surface area contributed by atoms with E-state index in [1.165, 1.54) is 50.5 Å². The van der Waals surface area contributed by atoms with E-state index in [0.29, 0.717) is 5.92 Å². The zero-order chi connectivity index (χ0) is 12.4. The average Bonchev–Trinajstić information content (AvgIpc) is 2.72. The number of fused-ring (bicyclic) bond motifs is 1. The van der Waals surface area contributed by atoms with Gasteiger partial charge in [0.25, 0.3) is 0 Å². The van der Waals surface area contributed by atoms with Crippen molar-refractivity contribution in [1.29, 1.82) is 0 Å². The van der Waals surface area contributed by atoms with Crippen molar-refractivity contribution in [3.63, 3.8) is 0 Å². The van der Waals surface area contributed by atoms with Crippen LogP contribution in [0.5, 0.6) is 0 Å². The molecule has 2 atom stereocenters. The van der Waals surface area contributed by atoms with Crippen LogP contribution in [0, 0.1) is 5.92 Å². The third kappa shape index (κ3) is 2.77. The van der Waals surface area contributed by atoms with Crippen LogP contribution in [0.4, 0.5) is 0 Å². The normalized spacial score (nSPS) is 27.8. The maximum Gasteiger partial charge on any atom is 0.0543 e. The fourth-order valence-electron chi connectivity index (χ4n) is 3.70. The lowest BCUT2D eigenvalue weighted by atomic mass is 9.90. The molecule has 0 radical (unpaired) electrons. The van der Waals surface area contributed by atoms with Gasteiger partial charge >= 0.3 is 0 Å². The van der Waals surface area contributed by atoms with Gasteiger partial charge in [-0.1, -0.05) is 37.5 Å². The van der Waals surface area contributed by atoms with E-state index in [1.807, 2.05) is 0 Å². The summed E-state index contributed by atoms with van der Waals surface area (Å²) in [5.74, 6) is 0.696. The summed E-state index contributed by atoms with van der Waals surface area (Å²) < 4.78 is 0. The van der Waals surface area contributed by atoms with Gasteiger partial charge in [0, 0.05) is 0 Å². The lowest BCUT2D eigenvalue weighted by Gasteiger charge is -2.17. The average molecular weight is 244 g/mol. The Morgan fingerprint density at radius 1 is 1.00 bits per heavy atom. The Bertz CT molecular complexity index is 410. The molecular weight excluding hydrogens is 220 g/mol. The molecule has 1 saturated carbocycles. The molecule has 2 aliphatic carbocycles. The molecule has 3 rings (SSSR count). The van der Waals surface area contributed by atoms with Gasteiger partial charge in [0.05, 0.1) is 6.10 Å². The first kappa shape index (κ1) is 12.2. The maximum atomic E-state index is 9.89. The lowest BCUT2D eigenvalue weighted by molar-refractivity contribution is 0.141. The van der Waals surface area contributed by atoms with Gasteiger partial charge < -0.3 is 5.11 Å². The lowest BCUT2D eigenvalue weighted by Crippen LogP contribution is -2.12. The Kier molecular flexibility index (Phi) is 3.69. The van der Waals surface area contributed by atoms with E-state index in [2.05, 4.69) is 18.2 Å². The standard InChI is InChI=1S/C17H24O/c18-17-7-2-1-4-13(12-17)10-14-8-9-15-5-3-6-16(15)11-14/h8-9,11,13,17-18H,1-7,10,12H2. The van der Waals surface area contributed by atoms with Gasteiger partial charge in [-0.15, -0.1) is 0 Å². The van der Waals surface area contributed by atoms with Gasteiger partial charge in [-0.05, 0) is 61.1 Å². The van der Waals surface area contributed by atoms with Gasteiger partial charge in [0.15, 0.2) is 0 Å². The summed E-state index contributed by atoms with van der Waals surface area (Å²) in [4.78, 5) is 0. The fraction of sp³-hybridized carbons (Fsp3) is 0.647. The number of hydrogen-bond donors (Lipinski definition) is 1. The molecule has 1 N–H and O–H groups in total. The summed E-state index contributed by atoms with van der Waals surface area (Å²) in [7, 11) is 0. The van der Waals surface area contributed by atoms with Crippen molar-refractivity contribution in [2.45, 2.75) is 63.9 Å². The highest BCUT2D eigenvalue weighted by Crippen LogP contribution is 2.28. The zero-order valence-electron chi connectivity index (χ0n) is 11.2. The van der Waals surface area contributed by atoms with Crippen molar-refractivity contribution in [3.8, 4) is 0 Å². The molecule has 1 heteroatoms. The van der Waals surface area contributed by atoms with E-state index in [0.717, 1.165) is 12.8 Å². The Morgan fingerprint density at radius 2 is 1.83 bits per heavy atom. The number of hydrogen-bond acceptors (Lipinski definition) is 1. The second kappa shape index (κ2) is 5.44. The molecule has 1 fully saturated rings. The summed E-state index contributed by atoms with van der Waals surface area (Å²) in [6.07, 6.45) is 10.8. The molecule has 0 aromatic heterocycles. The van der Waals surface area contributed by atoms with Crippen LogP contribution >= 0.6 is 0 Å². The minimum absolute atomic E-state index is 0.0491. The smallest absolute Gasteiger partial charge is 0.0543 e. The molecule has 0 heterocycles. The van der Waals surface area contributed by atoms with Crippen molar-refractivity contribution in [3.05, 3.63) is 34.9 Å². The molecule has 2 unspecified atom stereocenters. The minimum atomic E-state index is -0.0491. The fourth-order valence-corrected chi connectivity index (χ4v) is 3.70. The van der Waals surface area contributed by atoms with Crippen LogP contribution in [-0.4, -0.2) is 11.2 Å². The van der Waals surface area contributed by atoms with E-state index >= 15 is 0 Å². The monoisotopic (exact) mass is 244 g/mol. The second-order valence-electron chi connectivity index (χ2n) is 6.20. The molecule has 1 nitrogen and oxygen atoms in total. The molecule has 0 bridgehead atoms. The topological polar surface area (TPSA) is 20.2 Å². The van der Waals surface area contributed by atoms with Crippen molar-refractivity contribution < 1.29 is 5.11 Å². The minimum Gasteiger partial charge on any atom is -0.393 e. The van der Waals surface area contributed by atoms with Crippen LogP contribution in [0.15, 0.2) is 18.2 Å². The van der Waals surface area contributed by atoms with E-state index in [9.17, 15) is 5.11 Å². The van der Waals surface area contributed by atoms with Crippen LogP contribution in [0.3, 0.4) is 0 Å². The van der Waals surface area contributed by atoms with Gasteiger partial charge in [-0.2, -0.15) is 0 Å². The van der Waals surface area contributed by atoms with Crippen LogP contribution in [0.2, 0.25) is 0 Å². The third-order valence-electron chi connectivity index (χ3n) is 4.69. The van der Waals surface area contributed by atoms with Crippen LogP contribution < -0.4 is 0 Å². The first-order valence-electron chi connectivity index (χ1n) is 7.60. The highest BCUT2D eigenvalue weighted by Gasteiger charge is 2.19. The van der Waals surface area contributed by atoms with Crippen molar-refractivity contribution >= 4 is 0 Å². The number of benzene rings is 1. The molecule has 1 aromatic rings. The van der Waals surface area contributed by atoms with Crippen LogP contribution in [0.25, 0.3) is 0 Å². The molecule has 18 heavy (non-hydrogen) atoms. The van der Waals surface area contributed by atoms with E-state index in [-0.39, 0.29) is 6.10 Å². The van der Waals surface area contributed by atoms with E-state index in [4.69, 9.17) is 0 Å². The second-order valence-corrected chi connectivity index (χ2v) is 6.20. The van der Waals surface area contributed by atoms with Crippen LogP contribution in [-0.2, 0) is 19.3 Å². The number of aryl methyl sites for hydroxylation is 2. The van der Waals surface area contributed by atoms with Gasteiger partial charge in [-0.25, -0.2) is 0 Å². The first-order chi connectivity index (χ1) is 8.81. The Hall–Kier alpha value is -0.820. The Morgan fingerprint density at radius 3 is 2.78 bits per heavy atom. The summed E-state index contributed by atoms with van der Waals surface area (Å²) >= 11 is 0. The van der Waals surface area contributed by atoms with Crippen molar-refractivity contribution in [1.82, 2.24) is 0 Å². The SMILES string of the molecule is OC1CCCCC(Cc2ccc3c(c2)CCC3)C1. The molecule has 0 spiro atoms. The largest absolute Gasteiger partial charge is 0.393 e. The summed E-state index contributed by atoms with van der Waals surface area (Å²) in [6, 6.07) is 7.09. The van der Waals surface area contributed by atoms with Gasteiger partial charge in [0.2, 0.25) is 0 Å². The van der Waals surface area contributed by atoms with E-state index in [1.54, 1.807) is 11.1 Å². The highest BCUT2D eigenvalue weighted by atomic mass is 16.3. The number of rotatable bonds is 2. The first-order valence-corrected chi connectivity index (χ1v) is 7.60. The predicted molar refractivity (Wildman–Crippen MR) is 74.8 cm³/mol. The Balaban J connectivity index is 1.68. The van der Waals surface area contributed by atoms with Crippen molar-refractivity contribution in [2.75, 3.05) is 0 Å². The summed E-state index contributed by atoms with van der Waals surface area (Å²) in [5.41, 5.74) is 4.65. The molecule has 0 aliphatic heterocycles. The third-order valence-corrected chi connectivity index (χ3v) is 4.69. The van der Waals surface area contributed by atoms with Crippen molar-refractivity contribution in [2.24, 2.45) is 5.92 Å². The number of aliphatic hydroxyl groups is 1. The highest BCUT2D eigenvalue weighted by molar-refractivity contribution is 5.35. The predicted octanol–water partition coefficient (Wildman–Crippen LogP) is 3.66. The van der Waals surface area contributed by atoms with Gasteiger partial charge in [-0.3, -0.25) is 0 Å². The number of aliphatic hydroxyl groups excluding tert-OH is 1. The molecule has 2 aliphatic rings. The molecular formula is C17H24O. The van der Waals surface area contributed by atoms with Gasteiger partial charge in [0.1, 0.15) is 0 Å². The molecule has 1 aromatic carbocycles. The summed E-state index contributed by atoms with van der Waals surface area (Å²) in [6.45, 7) is 0. The maximum absolute atomic E-state index is 9.89. The van der Waals surface area contributed by atoms with E-state index < -0.39 is 0 Å². The van der Waals surface area contributed by atoms with Crippen LogP contribution in [0.1, 0.15) is 55.2 Å².